The molecule has 2 rings (SSSR count). The molecule has 0 amide bonds. The normalized spacial score (nSPS) is 19.7. The van der Waals surface area contributed by atoms with Crippen LogP contribution in [0.2, 0.25) is 0 Å². The van der Waals surface area contributed by atoms with Gasteiger partial charge in [0.2, 0.25) is 0 Å². The Kier molecular flexibility index (Phi) is 3.87. The molecule has 92 valence electrons. The van der Waals surface area contributed by atoms with Gasteiger partial charge in [-0.1, -0.05) is 13.3 Å². The van der Waals surface area contributed by atoms with Crippen molar-refractivity contribution >= 4 is 27.4 Å². The average Bonchev–Trinajstić information content (AvgIpc) is 2.76. The second-order valence-corrected chi connectivity index (χ2v) is 5.58. The van der Waals surface area contributed by atoms with Gasteiger partial charge in [0.15, 0.2) is 5.78 Å². The van der Waals surface area contributed by atoms with Gasteiger partial charge < -0.3 is 4.90 Å². The van der Waals surface area contributed by atoms with Gasteiger partial charge in [-0.3, -0.25) is 4.79 Å². The minimum atomic E-state index is 0.108. The third-order valence-electron chi connectivity index (χ3n) is 3.56. The number of benzene rings is 1. The number of carbonyl (C=O) groups is 1. The van der Waals surface area contributed by atoms with Gasteiger partial charge in [0.05, 0.1) is 0 Å². The summed E-state index contributed by atoms with van der Waals surface area (Å²) in [5.41, 5.74) is 1.98. The lowest BCUT2D eigenvalue weighted by Crippen LogP contribution is -2.19. The van der Waals surface area contributed by atoms with Crippen molar-refractivity contribution in [1.29, 1.82) is 0 Å². The van der Waals surface area contributed by atoms with Gasteiger partial charge >= 0.3 is 0 Å². The van der Waals surface area contributed by atoms with E-state index in [9.17, 15) is 4.79 Å². The first kappa shape index (κ1) is 12.6. The van der Waals surface area contributed by atoms with Crippen molar-refractivity contribution in [3.63, 3.8) is 0 Å². The maximum atomic E-state index is 11.4. The predicted octanol–water partition coefficient (Wildman–Crippen LogP) is 3.89. The van der Waals surface area contributed by atoms with Gasteiger partial charge in [0.25, 0.3) is 0 Å². The fraction of sp³-hybridized carbons (Fsp3) is 0.500. The Morgan fingerprint density at radius 1 is 1.53 bits per heavy atom. The maximum Gasteiger partial charge on any atom is 0.160 e. The van der Waals surface area contributed by atoms with Crippen LogP contribution < -0.4 is 4.90 Å². The van der Waals surface area contributed by atoms with Gasteiger partial charge in [-0.25, -0.2) is 0 Å². The molecule has 2 nitrogen and oxygen atoms in total. The lowest BCUT2D eigenvalue weighted by molar-refractivity contribution is 0.101. The van der Waals surface area contributed by atoms with Crippen molar-refractivity contribution in [2.24, 2.45) is 5.92 Å². The number of rotatable bonds is 3. The number of carbonyl (C=O) groups excluding carboxylic acids is 1. The summed E-state index contributed by atoms with van der Waals surface area (Å²) in [5.74, 6) is 0.928. The topological polar surface area (TPSA) is 20.3 Å². The van der Waals surface area contributed by atoms with Gasteiger partial charge in [-0.05, 0) is 53.4 Å². The minimum absolute atomic E-state index is 0.108. The van der Waals surface area contributed by atoms with Crippen LogP contribution in [0.4, 0.5) is 5.69 Å². The van der Waals surface area contributed by atoms with Crippen LogP contribution in [-0.4, -0.2) is 18.9 Å². The molecule has 17 heavy (non-hydrogen) atoms. The highest BCUT2D eigenvalue weighted by Crippen LogP contribution is 2.29. The van der Waals surface area contributed by atoms with Crippen LogP contribution in [0.3, 0.4) is 0 Å². The van der Waals surface area contributed by atoms with Gasteiger partial charge in [0, 0.05) is 28.8 Å². The molecule has 0 radical (unpaired) electrons. The average molecular weight is 296 g/mol. The standard InChI is InChI=1S/C14H18BrNO/c1-3-11-6-7-16(9-11)12-4-5-13(10(2)17)14(15)8-12/h4-5,8,11H,3,6-7,9H2,1-2H3. The fourth-order valence-electron chi connectivity index (χ4n) is 2.39. The lowest BCUT2D eigenvalue weighted by Gasteiger charge is -2.19. The first-order valence-corrected chi connectivity index (χ1v) is 6.96. The molecule has 0 aliphatic carbocycles. The molecular weight excluding hydrogens is 278 g/mol. The van der Waals surface area contributed by atoms with Crippen molar-refractivity contribution in [2.75, 3.05) is 18.0 Å². The Morgan fingerprint density at radius 3 is 2.82 bits per heavy atom. The van der Waals surface area contributed by atoms with E-state index < -0.39 is 0 Å². The van der Waals surface area contributed by atoms with Crippen molar-refractivity contribution in [3.05, 3.63) is 28.2 Å². The number of ketones is 1. The van der Waals surface area contributed by atoms with E-state index in [0.717, 1.165) is 29.0 Å². The van der Waals surface area contributed by atoms with E-state index in [1.54, 1.807) is 6.92 Å². The number of halogens is 1. The first-order valence-electron chi connectivity index (χ1n) is 6.17. The first-order chi connectivity index (χ1) is 8.11. The zero-order valence-electron chi connectivity index (χ0n) is 10.4. The van der Waals surface area contributed by atoms with E-state index in [0.29, 0.717) is 0 Å². The van der Waals surface area contributed by atoms with Crippen LogP contribution in [0, 0.1) is 5.92 Å². The summed E-state index contributed by atoms with van der Waals surface area (Å²) in [6.45, 7) is 6.12. The summed E-state index contributed by atoms with van der Waals surface area (Å²) in [7, 11) is 0. The smallest absolute Gasteiger partial charge is 0.160 e. The molecule has 1 aliphatic rings. The Morgan fingerprint density at radius 2 is 2.29 bits per heavy atom. The van der Waals surface area contributed by atoms with Crippen LogP contribution in [0.15, 0.2) is 22.7 Å². The molecule has 1 aromatic rings. The zero-order valence-corrected chi connectivity index (χ0v) is 12.0. The van der Waals surface area contributed by atoms with Crippen LogP contribution in [0.1, 0.15) is 37.0 Å². The van der Waals surface area contributed by atoms with E-state index in [1.165, 1.54) is 18.5 Å². The Balaban J connectivity index is 2.18. The highest BCUT2D eigenvalue weighted by molar-refractivity contribution is 9.10. The van der Waals surface area contributed by atoms with E-state index in [1.807, 2.05) is 6.07 Å². The van der Waals surface area contributed by atoms with Gasteiger partial charge in [0.1, 0.15) is 0 Å². The molecule has 1 atom stereocenters. The monoisotopic (exact) mass is 295 g/mol. The largest absolute Gasteiger partial charge is 0.371 e. The van der Waals surface area contributed by atoms with E-state index in [-0.39, 0.29) is 5.78 Å². The predicted molar refractivity (Wildman–Crippen MR) is 74.8 cm³/mol. The lowest BCUT2D eigenvalue weighted by atomic mass is 10.1. The molecule has 0 saturated carbocycles. The Hall–Kier alpha value is -0.830. The molecule has 0 bridgehead atoms. The molecule has 1 fully saturated rings. The highest BCUT2D eigenvalue weighted by Gasteiger charge is 2.21. The molecule has 1 saturated heterocycles. The Labute approximate surface area is 111 Å². The maximum absolute atomic E-state index is 11.4. The number of hydrogen-bond acceptors (Lipinski definition) is 2. The quantitative estimate of drug-likeness (QED) is 0.789. The van der Waals surface area contributed by atoms with Gasteiger partial charge in [-0.15, -0.1) is 0 Å². The molecule has 1 aliphatic heterocycles. The van der Waals surface area contributed by atoms with Crippen molar-refractivity contribution < 1.29 is 4.79 Å². The van der Waals surface area contributed by atoms with Crippen LogP contribution >= 0.6 is 15.9 Å². The molecule has 1 heterocycles. The minimum Gasteiger partial charge on any atom is -0.371 e. The van der Waals surface area contributed by atoms with Crippen molar-refractivity contribution in [1.82, 2.24) is 0 Å². The summed E-state index contributed by atoms with van der Waals surface area (Å²) < 4.78 is 0.905. The summed E-state index contributed by atoms with van der Waals surface area (Å²) in [6, 6.07) is 6.04. The van der Waals surface area contributed by atoms with Crippen molar-refractivity contribution in [3.8, 4) is 0 Å². The highest BCUT2D eigenvalue weighted by atomic mass is 79.9. The molecule has 0 N–H and O–H groups in total. The molecule has 1 aromatic carbocycles. The molecular formula is C14H18BrNO. The van der Waals surface area contributed by atoms with Crippen LogP contribution in [0.25, 0.3) is 0 Å². The second-order valence-electron chi connectivity index (χ2n) is 4.73. The third kappa shape index (κ3) is 2.71. The van der Waals surface area contributed by atoms with E-state index in [4.69, 9.17) is 0 Å². The van der Waals surface area contributed by atoms with Crippen molar-refractivity contribution in [2.45, 2.75) is 26.7 Å². The fourth-order valence-corrected chi connectivity index (χ4v) is 3.03. The van der Waals surface area contributed by atoms with Gasteiger partial charge in [-0.2, -0.15) is 0 Å². The van der Waals surface area contributed by atoms with Crippen LogP contribution in [-0.2, 0) is 0 Å². The number of nitrogens with zero attached hydrogens (tertiary/aromatic N) is 1. The molecule has 3 heteroatoms. The molecule has 0 spiro atoms. The van der Waals surface area contributed by atoms with E-state index in [2.05, 4.69) is 39.9 Å². The molecule has 1 unspecified atom stereocenters. The number of hydrogen-bond donors (Lipinski definition) is 0. The number of anilines is 1. The van der Waals surface area contributed by atoms with E-state index >= 15 is 0 Å². The summed E-state index contributed by atoms with van der Waals surface area (Å²) in [6.07, 6.45) is 2.53. The number of Topliss-reactive ketones (excluding diaryl/α,β-unsaturated/α-hetero) is 1. The Bertz CT molecular complexity index is 430. The molecule has 0 aromatic heterocycles. The third-order valence-corrected chi connectivity index (χ3v) is 4.22. The second kappa shape index (κ2) is 5.21. The SMILES string of the molecule is CCC1CCN(c2ccc(C(C)=O)c(Br)c2)C1. The summed E-state index contributed by atoms with van der Waals surface area (Å²) in [5, 5.41) is 0. The summed E-state index contributed by atoms with van der Waals surface area (Å²) in [4.78, 5) is 13.8. The summed E-state index contributed by atoms with van der Waals surface area (Å²) >= 11 is 3.48. The van der Waals surface area contributed by atoms with Crippen LogP contribution in [0.5, 0.6) is 0 Å². The zero-order chi connectivity index (χ0) is 12.4.